The van der Waals surface area contributed by atoms with Gasteiger partial charge in [0, 0.05) is 17.8 Å². The number of carbonyl (C=O) groups excluding carboxylic acids is 1. The maximum Gasteiger partial charge on any atom is 0.248 e. The standard InChI is InChI=1S/C13H14N2O3/c14-13(17)9-3-5-10(6-4-9)15-8-11(16)12-2-1-7-18-12/h1-7,11,15-16H,8H2,(H2,14,17). The minimum atomic E-state index is -0.712. The first kappa shape index (κ1) is 12.2. The number of amides is 1. The fourth-order valence-corrected chi connectivity index (χ4v) is 1.55. The predicted octanol–water partition coefficient (Wildman–Crippen LogP) is 1.52. The second-order valence-corrected chi connectivity index (χ2v) is 3.85. The smallest absolute Gasteiger partial charge is 0.248 e. The number of hydrogen-bond donors (Lipinski definition) is 3. The molecule has 18 heavy (non-hydrogen) atoms. The lowest BCUT2D eigenvalue weighted by molar-refractivity contribution is 0.100. The van der Waals surface area contributed by atoms with Gasteiger partial charge in [0.25, 0.3) is 0 Å². The molecule has 2 aromatic rings. The lowest BCUT2D eigenvalue weighted by Gasteiger charge is -2.10. The molecule has 2 rings (SSSR count). The number of rotatable bonds is 5. The molecule has 1 unspecified atom stereocenters. The molecule has 0 aliphatic rings. The van der Waals surface area contributed by atoms with E-state index in [4.69, 9.17) is 10.2 Å². The van der Waals surface area contributed by atoms with Crippen LogP contribution >= 0.6 is 0 Å². The number of nitrogens with one attached hydrogen (secondary N) is 1. The van der Waals surface area contributed by atoms with E-state index in [-0.39, 0.29) is 0 Å². The molecule has 94 valence electrons. The molecule has 1 atom stereocenters. The van der Waals surface area contributed by atoms with Crippen molar-refractivity contribution in [3.05, 3.63) is 54.0 Å². The predicted molar refractivity (Wildman–Crippen MR) is 67.1 cm³/mol. The van der Waals surface area contributed by atoms with Crippen molar-refractivity contribution in [2.75, 3.05) is 11.9 Å². The van der Waals surface area contributed by atoms with E-state index >= 15 is 0 Å². The monoisotopic (exact) mass is 246 g/mol. The number of aliphatic hydroxyl groups is 1. The molecule has 0 aliphatic heterocycles. The second-order valence-electron chi connectivity index (χ2n) is 3.85. The minimum Gasteiger partial charge on any atom is -0.467 e. The van der Waals surface area contributed by atoms with Crippen LogP contribution in [0.4, 0.5) is 5.69 Å². The van der Waals surface area contributed by atoms with E-state index in [1.807, 2.05) is 0 Å². The third-order valence-electron chi connectivity index (χ3n) is 2.54. The van der Waals surface area contributed by atoms with Gasteiger partial charge in [0.15, 0.2) is 0 Å². The van der Waals surface area contributed by atoms with Gasteiger partial charge in [-0.15, -0.1) is 0 Å². The van der Waals surface area contributed by atoms with Crippen LogP contribution in [0.25, 0.3) is 0 Å². The SMILES string of the molecule is NC(=O)c1ccc(NCC(O)c2ccco2)cc1. The Morgan fingerprint density at radius 2 is 2.06 bits per heavy atom. The van der Waals surface area contributed by atoms with Crippen LogP contribution in [0.15, 0.2) is 47.1 Å². The Morgan fingerprint density at radius 3 is 2.61 bits per heavy atom. The van der Waals surface area contributed by atoms with E-state index in [0.29, 0.717) is 17.9 Å². The van der Waals surface area contributed by atoms with Gasteiger partial charge in [-0.3, -0.25) is 4.79 Å². The lowest BCUT2D eigenvalue weighted by atomic mass is 10.2. The highest BCUT2D eigenvalue weighted by Crippen LogP contribution is 2.15. The fraction of sp³-hybridized carbons (Fsp3) is 0.154. The molecule has 0 saturated heterocycles. The van der Waals surface area contributed by atoms with Crippen molar-refractivity contribution in [1.82, 2.24) is 0 Å². The Labute approximate surface area is 104 Å². The maximum absolute atomic E-state index is 10.9. The Hall–Kier alpha value is -2.27. The molecule has 0 aliphatic carbocycles. The van der Waals surface area contributed by atoms with Gasteiger partial charge >= 0.3 is 0 Å². The molecule has 0 spiro atoms. The van der Waals surface area contributed by atoms with Crippen molar-refractivity contribution < 1.29 is 14.3 Å². The molecule has 0 fully saturated rings. The van der Waals surface area contributed by atoms with Crippen LogP contribution in [0.2, 0.25) is 0 Å². The zero-order valence-electron chi connectivity index (χ0n) is 9.67. The summed E-state index contributed by atoms with van der Waals surface area (Å²) in [6.07, 6.45) is 0.802. The van der Waals surface area contributed by atoms with Gasteiger partial charge in [-0.1, -0.05) is 0 Å². The molecule has 1 aromatic heterocycles. The van der Waals surface area contributed by atoms with E-state index in [2.05, 4.69) is 5.32 Å². The first-order valence-corrected chi connectivity index (χ1v) is 5.52. The van der Waals surface area contributed by atoms with Crippen LogP contribution in [0.5, 0.6) is 0 Å². The number of anilines is 1. The first-order valence-electron chi connectivity index (χ1n) is 5.52. The van der Waals surface area contributed by atoms with Gasteiger partial charge in [0.2, 0.25) is 5.91 Å². The third kappa shape index (κ3) is 2.89. The van der Waals surface area contributed by atoms with Gasteiger partial charge in [0.05, 0.1) is 6.26 Å². The largest absolute Gasteiger partial charge is 0.467 e. The Morgan fingerprint density at radius 1 is 1.33 bits per heavy atom. The van der Waals surface area contributed by atoms with Crippen molar-refractivity contribution in [2.24, 2.45) is 5.73 Å². The summed E-state index contributed by atoms with van der Waals surface area (Å²) in [4.78, 5) is 10.9. The summed E-state index contributed by atoms with van der Waals surface area (Å²) in [5.41, 5.74) is 6.39. The van der Waals surface area contributed by atoms with Gasteiger partial charge in [0.1, 0.15) is 11.9 Å². The Balaban J connectivity index is 1.92. The number of hydrogen-bond acceptors (Lipinski definition) is 4. The van der Waals surface area contributed by atoms with Crippen LogP contribution in [0.1, 0.15) is 22.2 Å². The van der Waals surface area contributed by atoms with Crippen LogP contribution < -0.4 is 11.1 Å². The van der Waals surface area contributed by atoms with E-state index in [9.17, 15) is 9.90 Å². The molecule has 1 amide bonds. The summed E-state index contributed by atoms with van der Waals surface area (Å²) >= 11 is 0. The Kier molecular flexibility index (Phi) is 3.64. The van der Waals surface area contributed by atoms with E-state index < -0.39 is 12.0 Å². The summed E-state index contributed by atoms with van der Waals surface area (Å²) in [6, 6.07) is 10.2. The molecular weight excluding hydrogens is 232 g/mol. The first-order chi connectivity index (χ1) is 8.66. The third-order valence-corrected chi connectivity index (χ3v) is 2.54. The summed E-state index contributed by atoms with van der Waals surface area (Å²) in [5.74, 6) is 0.0495. The number of carbonyl (C=O) groups is 1. The second kappa shape index (κ2) is 5.37. The van der Waals surface area contributed by atoms with E-state index in [1.165, 1.54) is 6.26 Å². The molecular formula is C13H14N2O3. The molecule has 0 saturated carbocycles. The number of nitrogens with two attached hydrogens (primary N) is 1. The fourth-order valence-electron chi connectivity index (χ4n) is 1.55. The van der Waals surface area contributed by atoms with Gasteiger partial charge in [-0.05, 0) is 36.4 Å². The van der Waals surface area contributed by atoms with Gasteiger partial charge < -0.3 is 20.6 Å². The molecule has 0 bridgehead atoms. The summed E-state index contributed by atoms with van der Waals surface area (Å²) in [5, 5.41) is 12.8. The highest BCUT2D eigenvalue weighted by Gasteiger charge is 2.09. The van der Waals surface area contributed by atoms with Gasteiger partial charge in [-0.25, -0.2) is 0 Å². The van der Waals surface area contributed by atoms with Crippen molar-refractivity contribution in [3.63, 3.8) is 0 Å². The van der Waals surface area contributed by atoms with E-state index in [0.717, 1.165) is 5.69 Å². The number of aliphatic hydroxyl groups excluding tert-OH is 1. The minimum absolute atomic E-state index is 0.323. The zero-order chi connectivity index (χ0) is 13.0. The molecule has 1 aromatic carbocycles. The average Bonchev–Trinajstić information content (AvgIpc) is 2.90. The summed E-state index contributed by atoms with van der Waals surface area (Å²) in [7, 11) is 0. The molecule has 5 nitrogen and oxygen atoms in total. The van der Waals surface area contributed by atoms with Crippen molar-refractivity contribution in [3.8, 4) is 0 Å². The van der Waals surface area contributed by atoms with Crippen molar-refractivity contribution in [1.29, 1.82) is 0 Å². The number of furan rings is 1. The highest BCUT2D eigenvalue weighted by molar-refractivity contribution is 5.93. The van der Waals surface area contributed by atoms with Crippen LogP contribution in [0, 0.1) is 0 Å². The molecule has 0 radical (unpaired) electrons. The quantitative estimate of drug-likeness (QED) is 0.746. The van der Waals surface area contributed by atoms with Gasteiger partial charge in [-0.2, -0.15) is 0 Å². The zero-order valence-corrected chi connectivity index (χ0v) is 9.67. The topological polar surface area (TPSA) is 88.5 Å². The summed E-state index contributed by atoms with van der Waals surface area (Å²) < 4.78 is 5.08. The summed E-state index contributed by atoms with van der Waals surface area (Å²) in [6.45, 7) is 0.323. The number of benzene rings is 1. The molecule has 4 N–H and O–H groups in total. The molecule has 1 heterocycles. The Bertz CT molecular complexity index is 506. The van der Waals surface area contributed by atoms with Crippen LogP contribution in [0.3, 0.4) is 0 Å². The normalized spacial score (nSPS) is 12.1. The lowest BCUT2D eigenvalue weighted by Crippen LogP contribution is -2.13. The highest BCUT2D eigenvalue weighted by atomic mass is 16.4. The van der Waals surface area contributed by atoms with E-state index in [1.54, 1.807) is 36.4 Å². The number of primary amides is 1. The van der Waals surface area contributed by atoms with Crippen molar-refractivity contribution >= 4 is 11.6 Å². The van der Waals surface area contributed by atoms with Crippen molar-refractivity contribution in [2.45, 2.75) is 6.10 Å². The molecule has 5 heteroatoms. The maximum atomic E-state index is 10.9. The van der Waals surface area contributed by atoms with Crippen LogP contribution in [-0.4, -0.2) is 17.6 Å². The average molecular weight is 246 g/mol. The van der Waals surface area contributed by atoms with Crippen LogP contribution in [-0.2, 0) is 0 Å².